The first-order valence-electron chi connectivity index (χ1n) is 6.29. The monoisotopic (exact) mass is 387 g/mol. The molecule has 0 saturated heterocycles. The van der Waals surface area contributed by atoms with Gasteiger partial charge in [0, 0.05) is 23.9 Å². The zero-order chi connectivity index (χ0) is 15.5. The van der Waals surface area contributed by atoms with E-state index in [9.17, 15) is 8.42 Å². The van der Waals surface area contributed by atoms with Gasteiger partial charge < -0.3 is 0 Å². The molecule has 0 N–H and O–H groups in total. The Morgan fingerprint density at radius 2 is 1.76 bits per heavy atom. The Kier molecular flexibility index (Phi) is 5.43. The van der Waals surface area contributed by atoms with Crippen LogP contribution in [0, 0.1) is 0 Å². The summed E-state index contributed by atoms with van der Waals surface area (Å²) in [6.45, 7) is 0.320. The lowest BCUT2D eigenvalue weighted by Gasteiger charge is -2.17. The van der Waals surface area contributed by atoms with Crippen molar-refractivity contribution in [1.82, 2.24) is 4.31 Å². The first-order valence-corrected chi connectivity index (χ1v) is 9.06. The number of hydrogen-bond donors (Lipinski definition) is 0. The van der Waals surface area contributed by atoms with E-state index in [0.29, 0.717) is 12.4 Å². The molecule has 0 atom stereocenters. The van der Waals surface area contributed by atoms with Crippen molar-refractivity contribution in [1.29, 1.82) is 0 Å². The molecule has 0 fully saturated rings. The van der Waals surface area contributed by atoms with Gasteiger partial charge in [0.15, 0.2) is 0 Å². The van der Waals surface area contributed by atoms with Crippen LogP contribution in [-0.4, -0.2) is 19.8 Å². The van der Waals surface area contributed by atoms with E-state index in [1.165, 1.54) is 4.31 Å². The zero-order valence-corrected chi connectivity index (χ0v) is 14.6. The lowest BCUT2D eigenvalue weighted by molar-refractivity contribution is 0.466. The maximum Gasteiger partial charge on any atom is 0.243 e. The van der Waals surface area contributed by atoms with Gasteiger partial charge in [-0.15, -0.1) is 11.6 Å². The van der Waals surface area contributed by atoms with Crippen LogP contribution >= 0.6 is 27.5 Å². The maximum atomic E-state index is 12.5. The van der Waals surface area contributed by atoms with Gasteiger partial charge >= 0.3 is 0 Å². The lowest BCUT2D eigenvalue weighted by Crippen LogP contribution is -2.26. The summed E-state index contributed by atoms with van der Waals surface area (Å²) < 4.78 is 27.4. The second-order valence-electron chi connectivity index (χ2n) is 4.67. The topological polar surface area (TPSA) is 37.4 Å². The van der Waals surface area contributed by atoms with Gasteiger partial charge in [-0.3, -0.25) is 0 Å². The molecule has 21 heavy (non-hydrogen) atoms. The van der Waals surface area contributed by atoms with Crippen LogP contribution in [0.3, 0.4) is 0 Å². The van der Waals surface area contributed by atoms with Gasteiger partial charge in [0.1, 0.15) is 0 Å². The third-order valence-corrected chi connectivity index (χ3v) is 5.72. The highest BCUT2D eigenvalue weighted by Crippen LogP contribution is 2.19. The molecule has 0 heterocycles. The van der Waals surface area contributed by atoms with E-state index in [4.69, 9.17) is 11.6 Å². The van der Waals surface area contributed by atoms with Crippen molar-refractivity contribution in [2.45, 2.75) is 17.3 Å². The van der Waals surface area contributed by atoms with Crippen LogP contribution in [0.2, 0.25) is 0 Å². The fourth-order valence-electron chi connectivity index (χ4n) is 1.90. The molecule has 112 valence electrons. The van der Waals surface area contributed by atoms with Crippen LogP contribution in [0.5, 0.6) is 0 Å². The number of nitrogens with zero attached hydrogens (tertiary/aromatic N) is 1. The first-order chi connectivity index (χ1) is 9.93. The van der Waals surface area contributed by atoms with Crippen LogP contribution in [-0.2, 0) is 22.4 Å². The molecule has 0 aliphatic rings. The van der Waals surface area contributed by atoms with Crippen molar-refractivity contribution in [2.75, 3.05) is 7.05 Å². The summed E-state index contributed by atoms with van der Waals surface area (Å²) >= 11 is 9.12. The Hall–Kier alpha value is -0.880. The molecule has 0 aliphatic heterocycles. The molecule has 2 aromatic rings. The van der Waals surface area contributed by atoms with Crippen molar-refractivity contribution < 1.29 is 8.42 Å². The first kappa shape index (κ1) is 16.5. The molecule has 0 bridgehead atoms. The van der Waals surface area contributed by atoms with Crippen molar-refractivity contribution in [3.8, 4) is 0 Å². The maximum absolute atomic E-state index is 12.5. The van der Waals surface area contributed by atoms with E-state index in [-0.39, 0.29) is 4.90 Å². The zero-order valence-electron chi connectivity index (χ0n) is 11.5. The summed E-state index contributed by atoms with van der Waals surface area (Å²) in [5, 5.41) is 0. The van der Waals surface area contributed by atoms with Gasteiger partial charge in [0.25, 0.3) is 0 Å². The van der Waals surface area contributed by atoms with Gasteiger partial charge in [-0.1, -0.05) is 40.2 Å². The van der Waals surface area contributed by atoms with Crippen LogP contribution < -0.4 is 0 Å². The molecule has 0 spiro atoms. The summed E-state index contributed by atoms with van der Waals surface area (Å²) in [7, 11) is -1.94. The molecule has 0 aliphatic carbocycles. The number of benzene rings is 2. The molecule has 0 unspecified atom stereocenters. The van der Waals surface area contributed by atoms with Crippen molar-refractivity contribution >= 4 is 37.6 Å². The lowest BCUT2D eigenvalue weighted by atomic mass is 10.2. The molecular weight excluding hydrogens is 374 g/mol. The Morgan fingerprint density at radius 1 is 1.10 bits per heavy atom. The Balaban J connectivity index is 2.23. The van der Waals surface area contributed by atoms with E-state index in [1.54, 1.807) is 31.3 Å². The van der Waals surface area contributed by atoms with Crippen LogP contribution in [0.1, 0.15) is 11.1 Å². The van der Waals surface area contributed by atoms with E-state index < -0.39 is 10.0 Å². The second-order valence-corrected chi connectivity index (χ2v) is 7.90. The minimum absolute atomic E-state index is 0.264. The SMILES string of the molecule is CN(Cc1ccc(Br)cc1)S(=O)(=O)c1cccc(CCl)c1. The van der Waals surface area contributed by atoms with Crippen LogP contribution in [0.4, 0.5) is 0 Å². The molecule has 0 amide bonds. The number of alkyl halides is 1. The fourth-order valence-corrected chi connectivity index (χ4v) is 3.56. The van der Waals surface area contributed by atoms with Crippen molar-refractivity contribution in [2.24, 2.45) is 0 Å². The Bertz CT molecular complexity index is 717. The molecule has 2 aromatic carbocycles. The largest absolute Gasteiger partial charge is 0.243 e. The minimum Gasteiger partial charge on any atom is -0.207 e. The molecule has 0 radical (unpaired) electrons. The third kappa shape index (κ3) is 4.07. The van der Waals surface area contributed by atoms with Gasteiger partial charge in [-0.05, 0) is 35.4 Å². The number of halogens is 2. The molecule has 0 aromatic heterocycles. The summed E-state index contributed by atoms with van der Waals surface area (Å²) in [6, 6.07) is 14.3. The Labute approximate surface area is 138 Å². The quantitative estimate of drug-likeness (QED) is 0.726. The average molecular weight is 389 g/mol. The van der Waals surface area contributed by atoms with Gasteiger partial charge in [-0.25, -0.2) is 8.42 Å². The van der Waals surface area contributed by atoms with E-state index in [0.717, 1.165) is 15.6 Å². The van der Waals surface area contributed by atoms with E-state index in [1.807, 2.05) is 24.3 Å². The highest BCUT2D eigenvalue weighted by molar-refractivity contribution is 9.10. The molecule has 6 heteroatoms. The van der Waals surface area contributed by atoms with E-state index in [2.05, 4.69) is 15.9 Å². The normalized spacial score (nSPS) is 11.8. The van der Waals surface area contributed by atoms with Crippen LogP contribution in [0.25, 0.3) is 0 Å². The van der Waals surface area contributed by atoms with E-state index >= 15 is 0 Å². The smallest absolute Gasteiger partial charge is 0.207 e. The van der Waals surface area contributed by atoms with Gasteiger partial charge in [0.05, 0.1) is 4.90 Å². The number of hydrogen-bond acceptors (Lipinski definition) is 2. The predicted molar refractivity (Wildman–Crippen MR) is 88.8 cm³/mol. The Morgan fingerprint density at radius 3 is 2.38 bits per heavy atom. The second kappa shape index (κ2) is 6.92. The minimum atomic E-state index is -3.52. The van der Waals surface area contributed by atoms with Crippen molar-refractivity contribution in [3.63, 3.8) is 0 Å². The van der Waals surface area contributed by atoms with Gasteiger partial charge in [-0.2, -0.15) is 4.31 Å². The van der Waals surface area contributed by atoms with Crippen molar-refractivity contribution in [3.05, 3.63) is 64.1 Å². The molecule has 0 saturated carbocycles. The molecule has 3 nitrogen and oxygen atoms in total. The summed E-state index contributed by atoms with van der Waals surface area (Å²) in [4.78, 5) is 0.264. The third-order valence-electron chi connectivity index (χ3n) is 3.08. The summed E-state index contributed by atoms with van der Waals surface area (Å²) in [5.41, 5.74) is 1.72. The molecule has 2 rings (SSSR count). The number of rotatable bonds is 5. The number of sulfonamides is 1. The average Bonchev–Trinajstić information content (AvgIpc) is 2.49. The van der Waals surface area contributed by atoms with Gasteiger partial charge in [0.2, 0.25) is 10.0 Å². The highest BCUT2D eigenvalue weighted by Gasteiger charge is 2.21. The standard InChI is InChI=1S/C15H15BrClNO2S/c1-18(11-12-5-7-14(16)8-6-12)21(19,20)15-4-2-3-13(9-15)10-17/h2-9H,10-11H2,1H3. The highest BCUT2D eigenvalue weighted by atomic mass is 79.9. The summed E-state index contributed by atoms with van der Waals surface area (Å²) in [6.07, 6.45) is 0. The fraction of sp³-hybridized carbons (Fsp3) is 0.200. The van der Waals surface area contributed by atoms with Crippen LogP contribution in [0.15, 0.2) is 57.9 Å². The predicted octanol–water partition coefficient (Wildman–Crippen LogP) is 4.01. The summed E-state index contributed by atoms with van der Waals surface area (Å²) in [5.74, 6) is 0.291. The molecular formula is C15H15BrClNO2S.